The predicted octanol–water partition coefficient (Wildman–Crippen LogP) is 3.28. The number of unbranched alkanes of at least 4 members (excludes halogenated alkanes) is 2. The molecule has 2 atom stereocenters. The van der Waals surface area contributed by atoms with E-state index in [2.05, 4.69) is 45.0 Å². The Morgan fingerprint density at radius 1 is 1.06 bits per heavy atom. The number of nitrogens with zero attached hydrogens (tertiary/aromatic N) is 1. The number of rotatable bonds is 10. The average Bonchev–Trinajstić information content (AvgIpc) is 2.26. The van der Waals surface area contributed by atoms with Crippen LogP contribution in [0.4, 0.5) is 0 Å². The van der Waals surface area contributed by atoms with Gasteiger partial charge in [0.1, 0.15) is 0 Å². The molecule has 0 aliphatic carbocycles. The van der Waals surface area contributed by atoms with Crippen LogP contribution in [-0.4, -0.2) is 37.1 Å². The highest BCUT2D eigenvalue weighted by molar-refractivity contribution is 4.69. The third-order valence-corrected chi connectivity index (χ3v) is 3.35. The third kappa shape index (κ3) is 8.12. The molecule has 2 unspecified atom stereocenters. The fraction of sp³-hybridized carbons (Fsp3) is 1.00. The normalized spacial score (nSPS) is 15.4. The van der Waals surface area contributed by atoms with Gasteiger partial charge in [0.2, 0.25) is 0 Å². The van der Waals surface area contributed by atoms with Gasteiger partial charge in [0.25, 0.3) is 0 Å². The zero-order valence-corrected chi connectivity index (χ0v) is 12.1. The molecule has 98 valence electrons. The largest absolute Gasteiger partial charge is 0.313 e. The Labute approximate surface area is 103 Å². The molecule has 0 radical (unpaired) electrons. The first-order valence-corrected chi connectivity index (χ1v) is 7.05. The van der Waals surface area contributed by atoms with Gasteiger partial charge in [0.15, 0.2) is 0 Å². The van der Waals surface area contributed by atoms with Crippen molar-refractivity contribution in [2.45, 2.75) is 71.9 Å². The average molecular weight is 228 g/mol. The molecule has 2 heteroatoms. The smallest absolute Gasteiger partial charge is 0.0189 e. The van der Waals surface area contributed by atoms with E-state index in [4.69, 9.17) is 0 Å². The van der Waals surface area contributed by atoms with Crippen molar-refractivity contribution < 1.29 is 0 Å². The predicted molar refractivity (Wildman–Crippen MR) is 74.0 cm³/mol. The lowest BCUT2D eigenvalue weighted by atomic mass is 10.2. The van der Waals surface area contributed by atoms with Gasteiger partial charge in [-0.3, -0.25) is 0 Å². The van der Waals surface area contributed by atoms with Crippen LogP contribution in [0.1, 0.15) is 59.8 Å². The van der Waals surface area contributed by atoms with E-state index in [0.29, 0.717) is 12.1 Å². The number of nitrogens with one attached hydrogen (secondary N) is 1. The first-order chi connectivity index (χ1) is 7.61. The van der Waals surface area contributed by atoms with Crippen LogP contribution in [0.3, 0.4) is 0 Å². The maximum absolute atomic E-state index is 3.61. The third-order valence-electron chi connectivity index (χ3n) is 3.35. The van der Waals surface area contributed by atoms with Gasteiger partial charge in [-0.2, -0.15) is 0 Å². The van der Waals surface area contributed by atoms with Crippen LogP contribution < -0.4 is 5.32 Å². The Morgan fingerprint density at radius 3 is 2.31 bits per heavy atom. The molecule has 0 aliphatic heterocycles. The van der Waals surface area contributed by atoms with E-state index in [9.17, 15) is 0 Å². The topological polar surface area (TPSA) is 15.3 Å². The quantitative estimate of drug-likeness (QED) is 0.577. The zero-order valence-electron chi connectivity index (χ0n) is 12.1. The number of hydrogen-bond acceptors (Lipinski definition) is 2. The van der Waals surface area contributed by atoms with Crippen molar-refractivity contribution in [3.63, 3.8) is 0 Å². The van der Waals surface area contributed by atoms with Crippen molar-refractivity contribution in [2.75, 3.05) is 20.1 Å². The van der Waals surface area contributed by atoms with Crippen LogP contribution in [0.2, 0.25) is 0 Å². The van der Waals surface area contributed by atoms with E-state index in [1.807, 2.05) is 0 Å². The monoisotopic (exact) mass is 228 g/mol. The highest BCUT2D eigenvalue weighted by Crippen LogP contribution is 2.01. The van der Waals surface area contributed by atoms with E-state index in [1.165, 1.54) is 38.6 Å². The van der Waals surface area contributed by atoms with Gasteiger partial charge >= 0.3 is 0 Å². The lowest BCUT2D eigenvalue weighted by Crippen LogP contribution is -2.41. The molecule has 0 aromatic heterocycles. The lowest BCUT2D eigenvalue weighted by molar-refractivity contribution is 0.240. The molecule has 1 N–H and O–H groups in total. The van der Waals surface area contributed by atoms with Crippen LogP contribution in [0.25, 0.3) is 0 Å². The molecular formula is C14H32N2. The molecular weight excluding hydrogens is 196 g/mol. The second kappa shape index (κ2) is 10.1. The molecule has 0 aliphatic rings. The molecule has 0 heterocycles. The fourth-order valence-electron chi connectivity index (χ4n) is 1.89. The Hall–Kier alpha value is -0.0800. The van der Waals surface area contributed by atoms with Crippen LogP contribution in [0.5, 0.6) is 0 Å². The van der Waals surface area contributed by atoms with Crippen molar-refractivity contribution in [3.05, 3.63) is 0 Å². The van der Waals surface area contributed by atoms with Gasteiger partial charge in [0.05, 0.1) is 0 Å². The van der Waals surface area contributed by atoms with Gasteiger partial charge in [-0.15, -0.1) is 0 Å². The molecule has 0 bridgehead atoms. The van der Waals surface area contributed by atoms with Crippen LogP contribution in [0, 0.1) is 0 Å². The summed E-state index contributed by atoms with van der Waals surface area (Å²) in [6.45, 7) is 11.5. The summed E-state index contributed by atoms with van der Waals surface area (Å²) in [4.78, 5) is 2.47. The van der Waals surface area contributed by atoms with E-state index in [0.717, 1.165) is 6.54 Å². The van der Waals surface area contributed by atoms with Crippen LogP contribution in [-0.2, 0) is 0 Å². The van der Waals surface area contributed by atoms with E-state index in [1.54, 1.807) is 0 Å². The standard InChI is InChI=1S/C14H32N2/c1-6-8-9-11-16(5)14(4)12-15-13(3)10-7-2/h13-15H,6-12H2,1-5H3. The van der Waals surface area contributed by atoms with Crippen molar-refractivity contribution in [2.24, 2.45) is 0 Å². The highest BCUT2D eigenvalue weighted by atomic mass is 15.1. The molecule has 16 heavy (non-hydrogen) atoms. The van der Waals surface area contributed by atoms with Crippen molar-refractivity contribution in [1.29, 1.82) is 0 Å². The van der Waals surface area contributed by atoms with E-state index < -0.39 is 0 Å². The summed E-state index contributed by atoms with van der Waals surface area (Å²) in [5.41, 5.74) is 0. The summed E-state index contributed by atoms with van der Waals surface area (Å²) >= 11 is 0. The second-order valence-corrected chi connectivity index (χ2v) is 5.13. The van der Waals surface area contributed by atoms with Gasteiger partial charge < -0.3 is 10.2 Å². The van der Waals surface area contributed by atoms with E-state index in [-0.39, 0.29) is 0 Å². The SMILES string of the molecule is CCCCCN(C)C(C)CNC(C)CCC. The fourth-order valence-corrected chi connectivity index (χ4v) is 1.89. The van der Waals surface area contributed by atoms with Crippen molar-refractivity contribution >= 4 is 0 Å². The minimum absolute atomic E-state index is 0.649. The molecule has 0 rings (SSSR count). The molecule has 0 spiro atoms. The second-order valence-electron chi connectivity index (χ2n) is 5.13. The Bertz CT molecular complexity index is 148. The minimum atomic E-state index is 0.649. The maximum Gasteiger partial charge on any atom is 0.0189 e. The summed E-state index contributed by atoms with van der Waals surface area (Å²) in [7, 11) is 2.24. The Kier molecular flexibility index (Phi) is 10.0. The first-order valence-electron chi connectivity index (χ1n) is 7.05. The van der Waals surface area contributed by atoms with Gasteiger partial charge in [-0.1, -0.05) is 33.1 Å². The van der Waals surface area contributed by atoms with Gasteiger partial charge in [-0.05, 0) is 40.3 Å². The molecule has 0 saturated heterocycles. The molecule has 0 aromatic carbocycles. The van der Waals surface area contributed by atoms with Crippen LogP contribution in [0.15, 0.2) is 0 Å². The molecule has 2 nitrogen and oxygen atoms in total. The van der Waals surface area contributed by atoms with E-state index >= 15 is 0 Å². The maximum atomic E-state index is 3.61. The summed E-state index contributed by atoms with van der Waals surface area (Å²) in [6, 6.07) is 1.31. The summed E-state index contributed by atoms with van der Waals surface area (Å²) in [5.74, 6) is 0. The Balaban J connectivity index is 3.57. The molecule has 0 aromatic rings. The summed E-state index contributed by atoms with van der Waals surface area (Å²) in [5, 5.41) is 3.61. The summed E-state index contributed by atoms with van der Waals surface area (Å²) < 4.78 is 0. The van der Waals surface area contributed by atoms with Gasteiger partial charge in [-0.25, -0.2) is 0 Å². The lowest BCUT2D eigenvalue weighted by Gasteiger charge is -2.26. The molecule has 0 fully saturated rings. The highest BCUT2D eigenvalue weighted by Gasteiger charge is 2.09. The number of hydrogen-bond donors (Lipinski definition) is 1. The molecule has 0 saturated carbocycles. The minimum Gasteiger partial charge on any atom is -0.313 e. The Morgan fingerprint density at radius 2 is 1.75 bits per heavy atom. The van der Waals surface area contributed by atoms with Gasteiger partial charge in [0, 0.05) is 18.6 Å². The van der Waals surface area contributed by atoms with Crippen LogP contribution >= 0.6 is 0 Å². The summed E-state index contributed by atoms with van der Waals surface area (Å²) in [6.07, 6.45) is 6.56. The molecule has 0 amide bonds. The first kappa shape index (κ1) is 15.9. The van der Waals surface area contributed by atoms with Crippen molar-refractivity contribution in [3.8, 4) is 0 Å². The zero-order chi connectivity index (χ0) is 12.4. The van der Waals surface area contributed by atoms with Crippen molar-refractivity contribution in [1.82, 2.24) is 10.2 Å². The number of likely N-dealkylation sites (N-methyl/N-ethyl adjacent to an activating group) is 1.